The van der Waals surface area contributed by atoms with Crippen molar-refractivity contribution in [3.05, 3.63) is 36.5 Å². The highest BCUT2D eigenvalue weighted by Gasteiger charge is 2.34. The van der Waals surface area contributed by atoms with E-state index in [2.05, 4.69) is 20.5 Å². The zero-order chi connectivity index (χ0) is 17.1. The molecule has 0 bridgehead atoms. The van der Waals surface area contributed by atoms with Gasteiger partial charge in [0, 0.05) is 33.0 Å². The first-order chi connectivity index (χ1) is 11.5. The number of rotatable bonds is 5. The summed E-state index contributed by atoms with van der Waals surface area (Å²) in [6, 6.07) is 3.12. The molecule has 3 atom stereocenters. The molecule has 2 heterocycles. The fraction of sp³-hybridized carbons (Fsp3) is 0.500. The smallest absolute Gasteiger partial charge is 0.272 e. The largest absolute Gasteiger partial charge is 0.391 e. The van der Waals surface area contributed by atoms with E-state index in [-0.39, 0.29) is 17.6 Å². The summed E-state index contributed by atoms with van der Waals surface area (Å²) < 4.78 is 1.99. The first-order valence-electron chi connectivity index (χ1n) is 7.98. The lowest BCUT2D eigenvalue weighted by Crippen LogP contribution is -2.40. The monoisotopic (exact) mass is 330 g/mol. The Morgan fingerprint density at radius 2 is 2.21 bits per heavy atom. The van der Waals surface area contributed by atoms with Crippen LogP contribution in [0.2, 0.25) is 0 Å². The van der Waals surface area contributed by atoms with Crippen LogP contribution in [0.1, 0.15) is 23.3 Å². The molecule has 2 N–H and O–H groups in total. The summed E-state index contributed by atoms with van der Waals surface area (Å²) in [4.78, 5) is 18.1. The summed E-state index contributed by atoms with van der Waals surface area (Å²) in [6.45, 7) is 0.792. The molecule has 2 aromatic heterocycles. The highest BCUT2D eigenvalue weighted by Crippen LogP contribution is 2.27. The molecule has 1 unspecified atom stereocenters. The maximum Gasteiger partial charge on any atom is 0.272 e. The number of nitrogens with zero attached hydrogens (tertiary/aromatic N) is 5. The van der Waals surface area contributed by atoms with Crippen molar-refractivity contribution >= 4 is 11.7 Å². The first-order valence-corrected chi connectivity index (χ1v) is 7.98. The molecule has 0 radical (unpaired) electrons. The molecule has 8 nitrogen and oxygen atoms in total. The molecule has 0 saturated heterocycles. The van der Waals surface area contributed by atoms with Crippen LogP contribution in [-0.4, -0.2) is 57.0 Å². The van der Waals surface area contributed by atoms with Crippen molar-refractivity contribution in [1.82, 2.24) is 25.1 Å². The molecule has 8 heteroatoms. The third-order valence-electron chi connectivity index (χ3n) is 4.31. The van der Waals surface area contributed by atoms with Gasteiger partial charge in [0.2, 0.25) is 0 Å². The number of aromatic nitrogens is 4. The van der Waals surface area contributed by atoms with Crippen LogP contribution in [0.5, 0.6) is 0 Å². The van der Waals surface area contributed by atoms with Crippen molar-refractivity contribution in [2.24, 2.45) is 5.92 Å². The van der Waals surface area contributed by atoms with Gasteiger partial charge in [0.1, 0.15) is 0 Å². The van der Waals surface area contributed by atoms with E-state index in [1.807, 2.05) is 29.8 Å². The van der Waals surface area contributed by atoms with Gasteiger partial charge in [-0.2, -0.15) is 0 Å². The minimum atomic E-state index is -0.545. The third kappa shape index (κ3) is 3.70. The van der Waals surface area contributed by atoms with E-state index in [4.69, 9.17) is 0 Å². The average Bonchev–Trinajstić information content (AvgIpc) is 3.18. The fourth-order valence-corrected chi connectivity index (χ4v) is 3.04. The molecule has 0 aromatic carbocycles. The maximum atomic E-state index is 12.3. The van der Waals surface area contributed by atoms with Crippen LogP contribution < -0.4 is 10.2 Å². The number of carbonyl (C=O) groups excluding carboxylic acids is 1. The predicted octanol–water partition coefficient (Wildman–Crippen LogP) is 0.309. The SMILES string of the molecule is CN(C)c1ccc(C(=O)N[C@@H]2CC(Cn3ccnc3)C[C@H]2O)nn1. The Bertz CT molecular complexity index is 670. The first kappa shape index (κ1) is 16.4. The van der Waals surface area contributed by atoms with E-state index in [0.29, 0.717) is 18.2 Å². The molecule has 24 heavy (non-hydrogen) atoms. The molecular weight excluding hydrogens is 308 g/mol. The Morgan fingerprint density at radius 1 is 1.38 bits per heavy atom. The van der Waals surface area contributed by atoms with Gasteiger partial charge < -0.3 is 19.9 Å². The van der Waals surface area contributed by atoms with Crippen molar-refractivity contribution in [3.63, 3.8) is 0 Å². The van der Waals surface area contributed by atoms with Gasteiger partial charge in [-0.1, -0.05) is 0 Å². The van der Waals surface area contributed by atoms with Crippen molar-refractivity contribution < 1.29 is 9.90 Å². The topological polar surface area (TPSA) is 96.2 Å². The summed E-state index contributed by atoms with van der Waals surface area (Å²) in [5.74, 6) is 0.690. The van der Waals surface area contributed by atoms with Crippen LogP contribution in [-0.2, 0) is 6.54 Å². The van der Waals surface area contributed by atoms with Crippen molar-refractivity contribution in [1.29, 1.82) is 0 Å². The van der Waals surface area contributed by atoms with Gasteiger partial charge in [-0.3, -0.25) is 4.79 Å². The number of carbonyl (C=O) groups is 1. The Kier molecular flexibility index (Phi) is 4.75. The quantitative estimate of drug-likeness (QED) is 0.819. The molecule has 1 fully saturated rings. The second kappa shape index (κ2) is 6.96. The number of aliphatic hydroxyl groups is 1. The molecule has 1 aliphatic rings. The fourth-order valence-electron chi connectivity index (χ4n) is 3.04. The van der Waals surface area contributed by atoms with E-state index in [1.54, 1.807) is 24.7 Å². The van der Waals surface area contributed by atoms with Gasteiger partial charge in [0.05, 0.1) is 18.5 Å². The van der Waals surface area contributed by atoms with E-state index >= 15 is 0 Å². The maximum absolute atomic E-state index is 12.3. The van der Waals surface area contributed by atoms with Crippen LogP contribution in [0.4, 0.5) is 5.82 Å². The second-order valence-corrected chi connectivity index (χ2v) is 6.42. The van der Waals surface area contributed by atoms with E-state index in [0.717, 1.165) is 13.0 Å². The summed E-state index contributed by atoms with van der Waals surface area (Å²) in [6.07, 6.45) is 6.25. The summed E-state index contributed by atoms with van der Waals surface area (Å²) in [5, 5.41) is 21.0. The standard InChI is InChI=1S/C16H22N6O2/c1-21(2)15-4-3-12(19-20-15)16(24)18-13-7-11(8-14(13)23)9-22-6-5-17-10-22/h3-6,10-11,13-14,23H,7-9H2,1-2H3,(H,18,24)/t11?,13-,14-/m1/s1. The average molecular weight is 330 g/mol. The van der Waals surface area contributed by atoms with Crippen LogP contribution in [0, 0.1) is 5.92 Å². The summed E-state index contributed by atoms with van der Waals surface area (Å²) >= 11 is 0. The molecular formula is C16H22N6O2. The minimum absolute atomic E-state index is 0.255. The van der Waals surface area contributed by atoms with E-state index < -0.39 is 6.10 Å². The van der Waals surface area contributed by atoms with Gasteiger partial charge >= 0.3 is 0 Å². The lowest BCUT2D eigenvalue weighted by molar-refractivity contribution is 0.0867. The Hall–Kier alpha value is -2.48. The predicted molar refractivity (Wildman–Crippen MR) is 88.6 cm³/mol. The van der Waals surface area contributed by atoms with Gasteiger partial charge in [-0.15, -0.1) is 10.2 Å². The molecule has 1 aliphatic carbocycles. The van der Waals surface area contributed by atoms with Crippen molar-refractivity contribution in [3.8, 4) is 0 Å². The molecule has 3 rings (SSSR count). The molecule has 128 valence electrons. The number of anilines is 1. The third-order valence-corrected chi connectivity index (χ3v) is 4.31. The number of aliphatic hydroxyl groups excluding tert-OH is 1. The van der Waals surface area contributed by atoms with Gasteiger partial charge in [0.15, 0.2) is 11.5 Å². The van der Waals surface area contributed by atoms with Crippen LogP contribution in [0.15, 0.2) is 30.9 Å². The number of nitrogens with one attached hydrogen (secondary N) is 1. The zero-order valence-electron chi connectivity index (χ0n) is 13.8. The van der Waals surface area contributed by atoms with Crippen LogP contribution in [0.3, 0.4) is 0 Å². The molecule has 1 saturated carbocycles. The molecule has 0 spiro atoms. The Morgan fingerprint density at radius 3 is 2.83 bits per heavy atom. The number of hydrogen-bond acceptors (Lipinski definition) is 6. The second-order valence-electron chi connectivity index (χ2n) is 6.42. The van der Waals surface area contributed by atoms with Gasteiger partial charge in [-0.05, 0) is 30.9 Å². The Labute approximate surface area is 140 Å². The number of hydrogen-bond donors (Lipinski definition) is 2. The lowest BCUT2D eigenvalue weighted by atomic mass is 10.1. The number of amides is 1. The van der Waals surface area contributed by atoms with Crippen molar-refractivity contribution in [2.75, 3.05) is 19.0 Å². The highest BCUT2D eigenvalue weighted by atomic mass is 16.3. The van der Waals surface area contributed by atoms with Gasteiger partial charge in [-0.25, -0.2) is 4.98 Å². The van der Waals surface area contributed by atoms with E-state index in [1.165, 1.54) is 0 Å². The number of imidazole rings is 1. The lowest BCUT2D eigenvalue weighted by Gasteiger charge is -2.16. The van der Waals surface area contributed by atoms with Crippen molar-refractivity contribution in [2.45, 2.75) is 31.5 Å². The minimum Gasteiger partial charge on any atom is -0.391 e. The van der Waals surface area contributed by atoms with Crippen LogP contribution >= 0.6 is 0 Å². The molecule has 1 amide bonds. The zero-order valence-corrected chi connectivity index (χ0v) is 13.8. The normalized spacial score (nSPS) is 23.2. The summed E-state index contributed by atoms with van der Waals surface area (Å²) in [5.41, 5.74) is 0.255. The molecule has 2 aromatic rings. The summed E-state index contributed by atoms with van der Waals surface area (Å²) in [7, 11) is 3.72. The van der Waals surface area contributed by atoms with E-state index in [9.17, 15) is 9.90 Å². The molecule has 0 aliphatic heterocycles. The van der Waals surface area contributed by atoms with Gasteiger partial charge in [0.25, 0.3) is 5.91 Å². The Balaban J connectivity index is 1.57. The highest BCUT2D eigenvalue weighted by molar-refractivity contribution is 5.92. The van der Waals surface area contributed by atoms with Crippen LogP contribution in [0.25, 0.3) is 0 Å².